The zero-order valence-corrected chi connectivity index (χ0v) is 44.4. The smallest absolute Gasteiger partial charge is 0.306 e. The molecule has 0 aliphatic carbocycles. The molecule has 0 heterocycles. The van der Waals surface area contributed by atoms with Crippen LogP contribution in [0.5, 0.6) is 0 Å². The molecule has 0 bridgehead atoms. The van der Waals surface area contributed by atoms with Crippen LogP contribution in [0.2, 0.25) is 0 Å². The second-order valence-corrected chi connectivity index (χ2v) is 19.2. The molecule has 0 spiro atoms. The predicted octanol–water partition coefficient (Wildman–Crippen LogP) is 19.2. The maximum Gasteiger partial charge on any atom is 0.306 e. The van der Waals surface area contributed by atoms with E-state index < -0.39 is 6.10 Å². The number of unbranched alkanes of at least 4 members (excludes halogenated alkanes) is 33. The topological polar surface area (TPSA) is 78.9 Å². The third kappa shape index (κ3) is 53.9. The standard InChI is InChI=1S/C61H108O6/c1-4-7-10-13-16-19-22-25-27-29-30-32-33-36-39-42-45-48-51-54-60(63)66-57-58(56-65-59(62)53-50-47-44-41-38-35-24-21-18-15-12-9-6-3)67-61(64)55-52-49-46-43-40-37-34-31-28-26-23-20-17-14-11-8-5-2/h9,12,15,18,21,24,26,28-30,58H,4-8,10-11,13-14,16-17,19-20,22-23,25,27,31-57H2,1-3H3/b12-9-,18-15-,24-21-,28-26-,30-29-. The molecule has 388 valence electrons. The molecule has 0 saturated heterocycles. The summed E-state index contributed by atoms with van der Waals surface area (Å²) in [7, 11) is 0. The first-order valence-corrected chi connectivity index (χ1v) is 28.8. The van der Waals surface area contributed by atoms with Crippen LogP contribution < -0.4 is 0 Å². The van der Waals surface area contributed by atoms with Gasteiger partial charge in [-0.2, -0.15) is 0 Å². The third-order valence-electron chi connectivity index (χ3n) is 12.5. The fourth-order valence-electron chi connectivity index (χ4n) is 8.20. The Morgan fingerprint density at radius 1 is 0.313 bits per heavy atom. The minimum Gasteiger partial charge on any atom is -0.462 e. The highest BCUT2D eigenvalue weighted by Crippen LogP contribution is 2.15. The van der Waals surface area contributed by atoms with Crippen molar-refractivity contribution in [1.29, 1.82) is 0 Å². The first kappa shape index (κ1) is 64.1. The Bertz CT molecular complexity index is 1210. The molecule has 0 aliphatic rings. The summed E-state index contributed by atoms with van der Waals surface area (Å²) in [4.78, 5) is 38.1. The quantitative estimate of drug-likeness (QED) is 0.0199. The Labute approximate surface area is 415 Å². The van der Waals surface area contributed by atoms with Crippen molar-refractivity contribution in [1.82, 2.24) is 0 Å². The van der Waals surface area contributed by atoms with Gasteiger partial charge in [0.05, 0.1) is 0 Å². The van der Waals surface area contributed by atoms with Crippen molar-refractivity contribution in [3.8, 4) is 0 Å². The van der Waals surface area contributed by atoms with Crippen LogP contribution in [-0.4, -0.2) is 37.2 Å². The highest BCUT2D eigenvalue weighted by atomic mass is 16.6. The van der Waals surface area contributed by atoms with Crippen LogP contribution in [0.25, 0.3) is 0 Å². The Morgan fingerprint density at radius 3 is 0.940 bits per heavy atom. The Kier molecular flexibility index (Phi) is 53.3. The monoisotopic (exact) mass is 937 g/mol. The summed E-state index contributed by atoms with van der Waals surface area (Å²) in [6.45, 7) is 6.50. The van der Waals surface area contributed by atoms with E-state index in [9.17, 15) is 14.4 Å². The molecule has 0 radical (unpaired) electrons. The first-order valence-electron chi connectivity index (χ1n) is 28.8. The van der Waals surface area contributed by atoms with Gasteiger partial charge in [-0.3, -0.25) is 14.4 Å². The maximum atomic E-state index is 12.8. The highest BCUT2D eigenvalue weighted by molar-refractivity contribution is 5.71. The van der Waals surface area contributed by atoms with E-state index in [2.05, 4.69) is 81.5 Å². The van der Waals surface area contributed by atoms with Gasteiger partial charge in [0.25, 0.3) is 0 Å². The van der Waals surface area contributed by atoms with E-state index in [1.807, 2.05) is 0 Å². The summed E-state index contributed by atoms with van der Waals surface area (Å²) >= 11 is 0. The lowest BCUT2D eigenvalue weighted by Gasteiger charge is -2.18. The number of rotatable bonds is 52. The summed E-state index contributed by atoms with van der Waals surface area (Å²) in [5.41, 5.74) is 0. The number of ether oxygens (including phenoxy) is 3. The fourth-order valence-corrected chi connectivity index (χ4v) is 8.20. The zero-order valence-electron chi connectivity index (χ0n) is 44.4. The molecule has 0 N–H and O–H groups in total. The second-order valence-electron chi connectivity index (χ2n) is 19.2. The molecular formula is C61H108O6. The molecule has 0 aromatic carbocycles. The van der Waals surface area contributed by atoms with Gasteiger partial charge < -0.3 is 14.2 Å². The molecule has 0 fully saturated rings. The van der Waals surface area contributed by atoms with Crippen LogP contribution in [0, 0.1) is 0 Å². The maximum absolute atomic E-state index is 12.8. The van der Waals surface area contributed by atoms with Gasteiger partial charge in [-0.05, 0) is 89.9 Å². The number of allylic oxidation sites excluding steroid dienone is 10. The van der Waals surface area contributed by atoms with Crippen molar-refractivity contribution in [2.75, 3.05) is 13.2 Å². The highest BCUT2D eigenvalue weighted by Gasteiger charge is 2.19. The van der Waals surface area contributed by atoms with Crippen LogP contribution >= 0.6 is 0 Å². The minimum atomic E-state index is -0.786. The number of carbonyl (C=O) groups is 3. The summed E-state index contributed by atoms with van der Waals surface area (Å²) in [6.07, 6.45) is 69.3. The van der Waals surface area contributed by atoms with Crippen LogP contribution in [0.4, 0.5) is 0 Å². The Hall–Kier alpha value is -2.89. The second kappa shape index (κ2) is 55.7. The van der Waals surface area contributed by atoms with Gasteiger partial charge in [0.2, 0.25) is 0 Å². The normalized spacial score (nSPS) is 12.5. The number of esters is 3. The average molecular weight is 938 g/mol. The van der Waals surface area contributed by atoms with E-state index in [4.69, 9.17) is 14.2 Å². The van der Waals surface area contributed by atoms with Crippen molar-refractivity contribution < 1.29 is 28.6 Å². The van der Waals surface area contributed by atoms with Crippen LogP contribution in [-0.2, 0) is 28.6 Å². The van der Waals surface area contributed by atoms with Crippen molar-refractivity contribution >= 4 is 17.9 Å². The SMILES string of the molecule is CC\C=C/C=C\C=C/CCCCCCCC(=O)OCC(COC(=O)CCCCCCCCC/C=C\CCCCCCCCCC)OC(=O)CCCCCCCCC/C=C\CCCCCCCC. The molecule has 0 saturated carbocycles. The van der Waals surface area contributed by atoms with Gasteiger partial charge in [-0.1, -0.05) is 242 Å². The van der Waals surface area contributed by atoms with E-state index in [1.165, 1.54) is 167 Å². The lowest BCUT2D eigenvalue weighted by atomic mass is 10.1. The summed E-state index contributed by atoms with van der Waals surface area (Å²) < 4.78 is 16.8. The molecule has 1 atom stereocenters. The zero-order chi connectivity index (χ0) is 48.6. The lowest BCUT2D eigenvalue weighted by molar-refractivity contribution is -0.167. The summed E-state index contributed by atoms with van der Waals surface area (Å²) in [6, 6.07) is 0. The van der Waals surface area contributed by atoms with Gasteiger partial charge in [-0.25, -0.2) is 0 Å². The van der Waals surface area contributed by atoms with Gasteiger partial charge >= 0.3 is 17.9 Å². The van der Waals surface area contributed by atoms with Crippen molar-refractivity contribution in [3.63, 3.8) is 0 Å². The van der Waals surface area contributed by atoms with Gasteiger partial charge in [0.15, 0.2) is 6.10 Å². The predicted molar refractivity (Wildman–Crippen MR) is 288 cm³/mol. The van der Waals surface area contributed by atoms with E-state index in [-0.39, 0.29) is 31.1 Å². The van der Waals surface area contributed by atoms with Crippen LogP contribution in [0.1, 0.15) is 290 Å². The largest absolute Gasteiger partial charge is 0.462 e. The number of carbonyl (C=O) groups excluding carboxylic acids is 3. The summed E-state index contributed by atoms with van der Waals surface area (Å²) in [5, 5.41) is 0. The first-order chi connectivity index (χ1) is 33.0. The molecule has 0 aromatic rings. The summed E-state index contributed by atoms with van der Waals surface area (Å²) in [5.74, 6) is -0.903. The number of hydrogen-bond acceptors (Lipinski definition) is 6. The molecule has 67 heavy (non-hydrogen) atoms. The van der Waals surface area contributed by atoms with Crippen molar-refractivity contribution in [3.05, 3.63) is 60.8 Å². The molecular weight excluding hydrogens is 829 g/mol. The van der Waals surface area contributed by atoms with Gasteiger partial charge in [0, 0.05) is 19.3 Å². The van der Waals surface area contributed by atoms with Gasteiger partial charge in [-0.15, -0.1) is 0 Å². The van der Waals surface area contributed by atoms with Crippen LogP contribution in [0.3, 0.4) is 0 Å². The molecule has 6 heteroatoms. The van der Waals surface area contributed by atoms with E-state index in [0.29, 0.717) is 19.3 Å². The average Bonchev–Trinajstić information content (AvgIpc) is 3.33. The molecule has 0 rings (SSSR count). The molecule has 6 nitrogen and oxygen atoms in total. The fraction of sp³-hybridized carbons (Fsp3) is 0.787. The minimum absolute atomic E-state index is 0.0840. The Balaban J connectivity index is 4.37. The van der Waals surface area contributed by atoms with Crippen molar-refractivity contribution in [2.45, 2.75) is 297 Å². The molecule has 0 aliphatic heterocycles. The number of hydrogen-bond donors (Lipinski definition) is 0. The van der Waals surface area contributed by atoms with E-state index in [0.717, 1.165) is 83.5 Å². The lowest BCUT2D eigenvalue weighted by Crippen LogP contribution is -2.30. The van der Waals surface area contributed by atoms with Gasteiger partial charge in [0.1, 0.15) is 13.2 Å². The van der Waals surface area contributed by atoms with Crippen LogP contribution in [0.15, 0.2) is 60.8 Å². The molecule has 1 unspecified atom stereocenters. The van der Waals surface area contributed by atoms with E-state index in [1.54, 1.807) is 0 Å². The third-order valence-corrected chi connectivity index (χ3v) is 12.5. The molecule has 0 amide bonds. The van der Waals surface area contributed by atoms with E-state index >= 15 is 0 Å². The Morgan fingerprint density at radius 2 is 0.597 bits per heavy atom. The molecule has 0 aromatic heterocycles. The van der Waals surface area contributed by atoms with Crippen molar-refractivity contribution in [2.24, 2.45) is 0 Å².